The minimum atomic E-state index is -3.38. The van der Waals surface area contributed by atoms with E-state index >= 15 is 0 Å². The highest BCUT2D eigenvalue weighted by atomic mass is 32.2. The summed E-state index contributed by atoms with van der Waals surface area (Å²) in [6.07, 6.45) is 4.04. The molecule has 0 aliphatic carbocycles. The molecule has 0 aliphatic heterocycles. The second-order valence-electron chi connectivity index (χ2n) is 4.84. The van der Waals surface area contributed by atoms with Crippen molar-refractivity contribution >= 4 is 15.8 Å². The van der Waals surface area contributed by atoms with Crippen molar-refractivity contribution in [2.45, 2.75) is 44.4 Å². The normalized spacial score (nSPS) is 11.4. The summed E-state index contributed by atoms with van der Waals surface area (Å²) < 4.78 is 29.0. The molecule has 112 valence electrons. The lowest BCUT2D eigenvalue weighted by Gasteiger charge is -2.16. The largest absolute Gasteiger partial charge is 0.465 e. The van der Waals surface area contributed by atoms with Gasteiger partial charge in [0.2, 0.25) is 0 Å². The second-order valence-corrected chi connectivity index (χ2v) is 6.80. The zero-order chi connectivity index (χ0) is 15.3. The molecule has 1 rings (SSSR count). The molecule has 1 aromatic carbocycles. The molecule has 0 atom stereocenters. The Kier molecular flexibility index (Phi) is 5.74. The van der Waals surface area contributed by atoms with Gasteiger partial charge in [-0.2, -0.15) is 0 Å². The van der Waals surface area contributed by atoms with Gasteiger partial charge < -0.3 is 4.74 Å². The van der Waals surface area contributed by atoms with Gasteiger partial charge in [0, 0.05) is 6.26 Å². The van der Waals surface area contributed by atoms with Gasteiger partial charge in [-0.25, -0.2) is 13.2 Å². The number of carbonyl (C=O) groups excluding carboxylic acids is 1. The Balaban J connectivity index is 3.65. The molecule has 20 heavy (non-hydrogen) atoms. The number of rotatable bonds is 6. The topological polar surface area (TPSA) is 60.4 Å². The van der Waals surface area contributed by atoms with Crippen molar-refractivity contribution in [3.63, 3.8) is 0 Å². The van der Waals surface area contributed by atoms with Crippen LogP contribution in [0.15, 0.2) is 17.0 Å². The molecule has 0 N–H and O–H groups in total. The van der Waals surface area contributed by atoms with Crippen LogP contribution in [-0.4, -0.2) is 27.8 Å². The van der Waals surface area contributed by atoms with E-state index in [1.807, 2.05) is 13.8 Å². The summed E-state index contributed by atoms with van der Waals surface area (Å²) >= 11 is 0. The first kappa shape index (κ1) is 16.7. The molecule has 0 spiro atoms. The number of carbonyl (C=O) groups is 1. The standard InChI is InChI=1S/C15H22O4S/c1-5-7-11-9-10-13(15(16)19-3)12(8-6-2)14(11)20(4,17)18/h9-10H,5-8H2,1-4H3. The van der Waals surface area contributed by atoms with E-state index in [4.69, 9.17) is 4.74 Å². The Hall–Kier alpha value is -1.36. The third kappa shape index (κ3) is 3.60. The molecule has 1 aromatic rings. The molecular formula is C15H22O4S. The number of benzene rings is 1. The molecule has 0 aromatic heterocycles. The zero-order valence-electron chi connectivity index (χ0n) is 12.5. The molecule has 0 fully saturated rings. The molecule has 0 amide bonds. The van der Waals surface area contributed by atoms with Gasteiger partial charge in [0.25, 0.3) is 0 Å². The van der Waals surface area contributed by atoms with Gasteiger partial charge in [0.15, 0.2) is 9.84 Å². The van der Waals surface area contributed by atoms with Crippen LogP contribution in [0.2, 0.25) is 0 Å². The van der Waals surface area contributed by atoms with Crippen LogP contribution in [0.3, 0.4) is 0 Å². The van der Waals surface area contributed by atoms with Gasteiger partial charge in [0.05, 0.1) is 17.6 Å². The number of methoxy groups -OCH3 is 1. The van der Waals surface area contributed by atoms with E-state index in [1.54, 1.807) is 12.1 Å². The van der Waals surface area contributed by atoms with E-state index in [2.05, 4.69) is 0 Å². The summed E-state index contributed by atoms with van der Waals surface area (Å²) in [5.74, 6) is -0.485. The fourth-order valence-corrected chi connectivity index (χ4v) is 3.71. The van der Waals surface area contributed by atoms with Crippen molar-refractivity contribution in [2.24, 2.45) is 0 Å². The van der Waals surface area contributed by atoms with Crippen molar-refractivity contribution in [3.05, 3.63) is 28.8 Å². The Labute approximate surface area is 121 Å². The number of ether oxygens (including phenoxy) is 1. The van der Waals surface area contributed by atoms with E-state index in [-0.39, 0.29) is 0 Å². The first-order valence-electron chi connectivity index (χ1n) is 6.79. The Morgan fingerprint density at radius 2 is 1.75 bits per heavy atom. The average molecular weight is 298 g/mol. The van der Waals surface area contributed by atoms with E-state index in [0.717, 1.165) is 18.4 Å². The highest BCUT2D eigenvalue weighted by molar-refractivity contribution is 7.90. The smallest absolute Gasteiger partial charge is 0.338 e. The summed E-state index contributed by atoms with van der Waals surface area (Å²) in [6.45, 7) is 3.96. The predicted octanol–water partition coefficient (Wildman–Crippen LogP) is 2.78. The lowest BCUT2D eigenvalue weighted by Crippen LogP contribution is -2.14. The molecule has 0 saturated heterocycles. The third-order valence-corrected chi connectivity index (χ3v) is 4.39. The highest BCUT2D eigenvalue weighted by Crippen LogP contribution is 2.27. The van der Waals surface area contributed by atoms with Crippen molar-refractivity contribution in [3.8, 4) is 0 Å². The predicted molar refractivity (Wildman–Crippen MR) is 78.9 cm³/mol. The summed E-state index contributed by atoms with van der Waals surface area (Å²) in [7, 11) is -2.08. The molecule has 4 nitrogen and oxygen atoms in total. The number of sulfone groups is 1. The first-order chi connectivity index (χ1) is 9.36. The lowest BCUT2D eigenvalue weighted by atomic mass is 9.98. The van der Waals surface area contributed by atoms with Gasteiger partial charge in [-0.15, -0.1) is 0 Å². The summed E-state index contributed by atoms with van der Waals surface area (Å²) in [4.78, 5) is 12.1. The molecule has 5 heteroatoms. The molecule has 0 bridgehead atoms. The van der Waals surface area contributed by atoms with Gasteiger partial charge >= 0.3 is 5.97 Å². The molecule has 0 saturated carbocycles. The van der Waals surface area contributed by atoms with Crippen molar-refractivity contribution in [2.75, 3.05) is 13.4 Å². The van der Waals surface area contributed by atoms with E-state index in [9.17, 15) is 13.2 Å². The van der Waals surface area contributed by atoms with E-state index in [1.165, 1.54) is 13.4 Å². The average Bonchev–Trinajstić information content (AvgIpc) is 2.37. The van der Waals surface area contributed by atoms with Crippen LogP contribution in [0.4, 0.5) is 0 Å². The minimum absolute atomic E-state index is 0.309. The summed E-state index contributed by atoms with van der Waals surface area (Å²) in [5, 5.41) is 0. The maximum absolute atomic E-state index is 12.1. The number of hydrogen-bond donors (Lipinski definition) is 0. The fraction of sp³-hybridized carbons (Fsp3) is 0.533. The van der Waals surface area contributed by atoms with Crippen molar-refractivity contribution < 1.29 is 17.9 Å². The molecule has 0 radical (unpaired) electrons. The fourth-order valence-electron chi connectivity index (χ4n) is 2.40. The molecule has 0 aliphatic rings. The van der Waals surface area contributed by atoms with Crippen LogP contribution < -0.4 is 0 Å². The maximum Gasteiger partial charge on any atom is 0.338 e. The molecular weight excluding hydrogens is 276 g/mol. The number of esters is 1. The minimum Gasteiger partial charge on any atom is -0.465 e. The Morgan fingerprint density at radius 1 is 1.15 bits per heavy atom. The zero-order valence-corrected chi connectivity index (χ0v) is 13.3. The third-order valence-electron chi connectivity index (χ3n) is 3.14. The maximum atomic E-state index is 12.1. The van der Waals surface area contributed by atoms with E-state index in [0.29, 0.717) is 28.9 Å². The van der Waals surface area contributed by atoms with Crippen LogP contribution in [0.5, 0.6) is 0 Å². The monoisotopic (exact) mass is 298 g/mol. The van der Waals surface area contributed by atoms with Gasteiger partial charge in [-0.05, 0) is 30.0 Å². The van der Waals surface area contributed by atoms with Crippen LogP contribution in [0, 0.1) is 0 Å². The first-order valence-corrected chi connectivity index (χ1v) is 8.69. The van der Waals surface area contributed by atoms with Crippen LogP contribution in [0.1, 0.15) is 48.2 Å². The van der Waals surface area contributed by atoms with E-state index < -0.39 is 15.8 Å². The van der Waals surface area contributed by atoms with Crippen LogP contribution in [-0.2, 0) is 27.4 Å². The van der Waals surface area contributed by atoms with Gasteiger partial charge in [0.1, 0.15) is 0 Å². The lowest BCUT2D eigenvalue weighted by molar-refractivity contribution is 0.0599. The van der Waals surface area contributed by atoms with Gasteiger partial charge in [-0.3, -0.25) is 0 Å². The second kappa shape index (κ2) is 6.88. The summed E-state index contributed by atoms with van der Waals surface area (Å²) in [6, 6.07) is 3.40. The Bertz CT molecular complexity index is 588. The van der Waals surface area contributed by atoms with Gasteiger partial charge in [-0.1, -0.05) is 32.8 Å². The molecule has 0 heterocycles. The number of aryl methyl sites for hydroxylation is 1. The SMILES string of the molecule is CCCc1ccc(C(=O)OC)c(CCC)c1S(C)(=O)=O. The summed E-state index contributed by atoms with van der Waals surface area (Å²) in [5.41, 5.74) is 1.73. The Morgan fingerprint density at radius 3 is 2.20 bits per heavy atom. The van der Waals surface area contributed by atoms with Crippen molar-refractivity contribution in [1.82, 2.24) is 0 Å². The quantitative estimate of drug-likeness (QED) is 0.758. The van der Waals surface area contributed by atoms with Crippen LogP contribution in [0.25, 0.3) is 0 Å². The highest BCUT2D eigenvalue weighted by Gasteiger charge is 2.23. The molecule has 0 unspecified atom stereocenters. The van der Waals surface area contributed by atoms with Crippen LogP contribution >= 0.6 is 0 Å². The van der Waals surface area contributed by atoms with Crippen molar-refractivity contribution in [1.29, 1.82) is 0 Å². The number of hydrogen-bond acceptors (Lipinski definition) is 4.